The number of carbonyl (C=O) groups excluding carboxylic acids is 2. The average Bonchev–Trinajstić information content (AvgIpc) is 3.22. The van der Waals surface area contributed by atoms with Crippen LogP contribution >= 0.6 is 0 Å². The lowest BCUT2D eigenvalue weighted by molar-refractivity contribution is -0.129. The van der Waals surface area contributed by atoms with E-state index in [0.717, 1.165) is 16.5 Å². The molecule has 3 aliphatic rings. The third kappa shape index (κ3) is 2.58. The van der Waals surface area contributed by atoms with Crippen molar-refractivity contribution in [2.24, 2.45) is 0 Å². The van der Waals surface area contributed by atoms with Gasteiger partial charge in [0.1, 0.15) is 12.9 Å². The number of nitrogens with one attached hydrogen (secondary N) is 2. The van der Waals surface area contributed by atoms with Gasteiger partial charge in [-0.15, -0.1) is 0 Å². The topological polar surface area (TPSA) is 90.5 Å². The zero-order valence-corrected chi connectivity index (χ0v) is 14.2. The van der Waals surface area contributed by atoms with E-state index in [9.17, 15) is 9.59 Å². The largest absolute Gasteiger partial charge is 0.336 e. The number of pyridine rings is 2. The van der Waals surface area contributed by atoms with Crippen molar-refractivity contribution < 1.29 is 11.0 Å². The van der Waals surface area contributed by atoms with Crippen molar-refractivity contribution in [1.82, 2.24) is 30.6 Å². The van der Waals surface area contributed by atoms with Gasteiger partial charge in [-0.05, 0) is 35.4 Å². The normalized spacial score (nSPS) is 22.4. The van der Waals surface area contributed by atoms with Crippen LogP contribution in [0.25, 0.3) is 0 Å². The molecule has 0 aromatic carbocycles. The number of aromatic nitrogens is 2. The van der Waals surface area contributed by atoms with Gasteiger partial charge in [0, 0.05) is 31.3 Å². The smallest absolute Gasteiger partial charge is 0.274 e. The van der Waals surface area contributed by atoms with E-state index in [0.29, 0.717) is 23.6 Å². The predicted molar refractivity (Wildman–Crippen MR) is 94.9 cm³/mol. The SMILES string of the molecule is [2H]N1C(c2ccncc2)C=C2NC3=C(CN(Cc4cccnc4)C3=O)C(=O)N21. The van der Waals surface area contributed by atoms with E-state index < -0.39 is 6.04 Å². The summed E-state index contributed by atoms with van der Waals surface area (Å²) in [5.41, 5.74) is 3.52. The summed E-state index contributed by atoms with van der Waals surface area (Å²) in [6.45, 7) is 0.574. The first-order chi connectivity index (χ1) is 13.6. The molecule has 2 N–H and O–H groups in total. The van der Waals surface area contributed by atoms with Crippen molar-refractivity contribution in [3.05, 3.63) is 83.3 Å². The first kappa shape index (κ1) is 14.6. The maximum absolute atomic E-state index is 13.0. The van der Waals surface area contributed by atoms with Crippen LogP contribution in [0.3, 0.4) is 0 Å². The number of carbonyl (C=O) groups is 2. The van der Waals surface area contributed by atoms with Gasteiger partial charge in [0.2, 0.25) is 0 Å². The first-order valence-electron chi connectivity index (χ1n) is 9.01. The van der Waals surface area contributed by atoms with Gasteiger partial charge < -0.3 is 10.2 Å². The van der Waals surface area contributed by atoms with Gasteiger partial charge in [-0.2, -0.15) is 0 Å². The molecule has 5 heterocycles. The summed E-state index contributed by atoms with van der Waals surface area (Å²) in [5, 5.41) is 4.33. The lowest BCUT2D eigenvalue weighted by Crippen LogP contribution is -2.47. The Morgan fingerprint density at radius 1 is 1.15 bits per heavy atom. The van der Waals surface area contributed by atoms with Crippen molar-refractivity contribution in [2.75, 3.05) is 6.54 Å². The average molecular weight is 361 g/mol. The number of nitrogens with zero attached hydrogens (tertiary/aromatic N) is 4. The zero-order valence-electron chi connectivity index (χ0n) is 15.2. The third-order valence-corrected chi connectivity index (χ3v) is 4.78. The maximum Gasteiger partial charge on any atom is 0.274 e. The Morgan fingerprint density at radius 3 is 2.78 bits per heavy atom. The molecule has 0 fully saturated rings. The molecule has 3 aliphatic heterocycles. The molecule has 2 aromatic heterocycles. The van der Waals surface area contributed by atoms with E-state index in [2.05, 4.69) is 15.3 Å². The van der Waals surface area contributed by atoms with Crippen LogP contribution in [0.4, 0.5) is 0 Å². The highest BCUT2D eigenvalue weighted by Gasteiger charge is 2.43. The van der Waals surface area contributed by atoms with Crippen molar-refractivity contribution >= 4 is 11.8 Å². The lowest BCUT2D eigenvalue weighted by atomic mass is 10.1. The molecular formula is C19H16N6O2. The number of hydrogen-bond donors (Lipinski definition) is 2. The molecule has 8 heteroatoms. The highest BCUT2D eigenvalue weighted by molar-refractivity contribution is 6.10. The van der Waals surface area contributed by atoms with Crippen LogP contribution in [0.1, 0.15) is 17.2 Å². The molecule has 2 aromatic rings. The van der Waals surface area contributed by atoms with Crippen LogP contribution in [0, 0.1) is 0 Å². The van der Waals surface area contributed by atoms with E-state index in [-0.39, 0.29) is 18.4 Å². The molecule has 0 saturated carbocycles. The first-order valence-corrected chi connectivity index (χ1v) is 8.56. The van der Waals surface area contributed by atoms with Crippen molar-refractivity contribution in [3.8, 4) is 0 Å². The molecule has 0 spiro atoms. The van der Waals surface area contributed by atoms with Crippen LogP contribution in [-0.4, -0.2) is 38.2 Å². The van der Waals surface area contributed by atoms with Gasteiger partial charge in [-0.3, -0.25) is 19.6 Å². The van der Waals surface area contributed by atoms with Crippen LogP contribution in [-0.2, 0) is 16.1 Å². The molecule has 0 bridgehead atoms. The maximum atomic E-state index is 13.0. The van der Waals surface area contributed by atoms with E-state index in [1.165, 1.54) is 5.01 Å². The van der Waals surface area contributed by atoms with Crippen molar-refractivity contribution in [1.29, 1.82) is 0 Å². The van der Waals surface area contributed by atoms with Gasteiger partial charge in [0.15, 0.2) is 0 Å². The Labute approximate surface area is 156 Å². The number of fused-ring (bicyclic) bond motifs is 1. The Morgan fingerprint density at radius 2 is 2.00 bits per heavy atom. The highest BCUT2D eigenvalue weighted by Crippen LogP contribution is 2.31. The fourth-order valence-corrected chi connectivity index (χ4v) is 3.45. The lowest BCUT2D eigenvalue weighted by Gasteiger charge is -2.27. The second kappa shape index (κ2) is 6.03. The molecule has 0 radical (unpaired) electrons. The minimum Gasteiger partial charge on any atom is -0.336 e. The van der Waals surface area contributed by atoms with Crippen molar-refractivity contribution in [3.63, 3.8) is 0 Å². The molecule has 8 nitrogen and oxygen atoms in total. The molecule has 1 atom stereocenters. The van der Waals surface area contributed by atoms with Gasteiger partial charge in [-0.25, -0.2) is 10.4 Å². The van der Waals surface area contributed by atoms with Crippen LogP contribution in [0.15, 0.2) is 72.2 Å². The van der Waals surface area contributed by atoms with E-state index in [1.807, 2.05) is 12.1 Å². The summed E-state index contributed by atoms with van der Waals surface area (Å²) in [7, 11) is 0. The van der Waals surface area contributed by atoms with E-state index in [1.54, 1.807) is 47.9 Å². The van der Waals surface area contributed by atoms with E-state index in [4.69, 9.17) is 1.41 Å². The minimum absolute atomic E-state index is 0.201. The second-order valence-corrected chi connectivity index (χ2v) is 6.51. The minimum atomic E-state index is -0.434. The fraction of sp³-hybridized carbons (Fsp3) is 0.158. The Balaban J connectivity index is 1.41. The summed E-state index contributed by atoms with van der Waals surface area (Å²) < 4.78 is 8.41. The van der Waals surface area contributed by atoms with Gasteiger partial charge in [-0.1, -0.05) is 6.07 Å². The Bertz CT molecular complexity index is 1020. The number of rotatable bonds is 3. The van der Waals surface area contributed by atoms with Crippen LogP contribution in [0.5, 0.6) is 0 Å². The van der Waals surface area contributed by atoms with Gasteiger partial charge >= 0.3 is 0 Å². The third-order valence-electron chi connectivity index (χ3n) is 4.78. The molecular weight excluding hydrogens is 344 g/mol. The quantitative estimate of drug-likeness (QED) is 0.832. The molecule has 2 amide bonds. The number of hydrogen-bond acceptors (Lipinski definition) is 6. The summed E-state index contributed by atoms with van der Waals surface area (Å²) >= 11 is 0. The summed E-state index contributed by atoms with van der Waals surface area (Å²) in [6.07, 6.45) is 8.43. The number of hydrazine groups is 1. The molecule has 0 saturated heterocycles. The Hall–Kier alpha value is -3.52. The second-order valence-electron chi connectivity index (χ2n) is 6.51. The molecule has 5 rings (SSSR count). The molecule has 27 heavy (non-hydrogen) atoms. The van der Waals surface area contributed by atoms with E-state index >= 15 is 0 Å². The monoisotopic (exact) mass is 361 g/mol. The molecule has 1 unspecified atom stereocenters. The predicted octanol–water partition coefficient (Wildman–Crippen LogP) is 0.606. The standard InChI is InChI=1S/C19H16N6O2/c26-18-14-11-24(10-12-2-1-5-21-9-12)19(27)17(14)22-16-8-15(23-25(16)18)13-3-6-20-7-4-13/h1-9,15,22-23H,10-11H2/i/hD. The summed E-state index contributed by atoms with van der Waals surface area (Å²) in [6, 6.07) is 6.86. The van der Waals surface area contributed by atoms with Crippen LogP contribution < -0.4 is 10.7 Å². The zero-order chi connectivity index (χ0) is 19.3. The summed E-state index contributed by atoms with van der Waals surface area (Å²) in [4.78, 5) is 35.5. The van der Waals surface area contributed by atoms with Gasteiger partial charge in [0.05, 0.1) is 18.2 Å². The van der Waals surface area contributed by atoms with Crippen LogP contribution in [0.2, 0.25) is 1.41 Å². The summed E-state index contributed by atoms with van der Waals surface area (Å²) in [5.74, 6) is -0.151. The Kier molecular flexibility index (Phi) is 3.27. The number of amides is 2. The van der Waals surface area contributed by atoms with Crippen molar-refractivity contribution in [2.45, 2.75) is 12.6 Å². The molecule has 0 aliphatic carbocycles. The van der Waals surface area contributed by atoms with Gasteiger partial charge in [0.25, 0.3) is 11.8 Å². The highest BCUT2D eigenvalue weighted by atomic mass is 16.2. The fourth-order valence-electron chi connectivity index (χ4n) is 3.45. The molecule has 134 valence electrons.